The fraction of sp³-hybridized carbons (Fsp3) is 0.462. The van der Waals surface area contributed by atoms with Gasteiger partial charge in [-0.3, -0.25) is 0 Å². The topological polar surface area (TPSA) is 29.9 Å². The summed E-state index contributed by atoms with van der Waals surface area (Å²) in [7, 11) is 0. The second-order valence-electron chi connectivity index (χ2n) is 4.20. The van der Waals surface area contributed by atoms with Gasteiger partial charge in [0.05, 0.1) is 12.0 Å². The molecule has 0 fully saturated rings. The van der Waals surface area contributed by atoms with Crippen molar-refractivity contribution in [3.8, 4) is 0 Å². The Labute approximate surface area is 107 Å². The largest absolute Gasteiger partial charge is 0.333 e. The van der Waals surface area contributed by atoms with Gasteiger partial charge in [0.15, 0.2) is 0 Å². The van der Waals surface area contributed by atoms with E-state index in [1.807, 2.05) is 12.5 Å². The summed E-state index contributed by atoms with van der Waals surface area (Å²) in [5, 5.41) is 5.66. The molecule has 2 aromatic heterocycles. The molecule has 0 saturated heterocycles. The average Bonchev–Trinajstić information content (AvgIpc) is 2.97. The van der Waals surface area contributed by atoms with Gasteiger partial charge in [0.1, 0.15) is 0 Å². The molecule has 0 radical (unpaired) electrons. The molecule has 1 N–H and O–H groups in total. The number of thiophene rings is 1. The molecule has 0 unspecified atom stereocenters. The maximum absolute atomic E-state index is 4.21. The summed E-state index contributed by atoms with van der Waals surface area (Å²) in [6.45, 7) is 6.31. The molecule has 0 aliphatic rings. The van der Waals surface area contributed by atoms with Crippen molar-refractivity contribution in [2.24, 2.45) is 0 Å². The van der Waals surface area contributed by atoms with E-state index in [4.69, 9.17) is 0 Å². The van der Waals surface area contributed by atoms with E-state index in [1.165, 1.54) is 10.6 Å². The van der Waals surface area contributed by atoms with E-state index in [0.717, 1.165) is 19.5 Å². The third kappa shape index (κ3) is 3.17. The molecule has 0 spiro atoms. The second kappa shape index (κ2) is 5.98. The molecule has 17 heavy (non-hydrogen) atoms. The number of rotatable bonds is 6. The molecule has 1 atom stereocenters. The smallest absolute Gasteiger partial charge is 0.0948 e. The third-order valence-electron chi connectivity index (χ3n) is 2.82. The zero-order valence-corrected chi connectivity index (χ0v) is 11.2. The van der Waals surface area contributed by atoms with Crippen molar-refractivity contribution in [2.75, 3.05) is 0 Å². The Morgan fingerprint density at radius 1 is 1.53 bits per heavy atom. The van der Waals surface area contributed by atoms with Gasteiger partial charge in [-0.2, -0.15) is 0 Å². The number of hydrogen-bond acceptors (Lipinski definition) is 3. The Morgan fingerprint density at radius 2 is 2.41 bits per heavy atom. The Balaban J connectivity index is 1.91. The predicted molar refractivity (Wildman–Crippen MR) is 72.1 cm³/mol. The highest BCUT2D eigenvalue weighted by Gasteiger charge is 2.07. The van der Waals surface area contributed by atoms with E-state index >= 15 is 0 Å². The lowest BCUT2D eigenvalue weighted by atomic mass is 10.2. The van der Waals surface area contributed by atoms with Crippen molar-refractivity contribution in [3.63, 3.8) is 0 Å². The molecule has 2 heterocycles. The highest BCUT2D eigenvalue weighted by Crippen LogP contribution is 2.18. The molecule has 0 aliphatic carbocycles. The van der Waals surface area contributed by atoms with Crippen LogP contribution in [0, 0.1) is 0 Å². The standard InChI is InChI=1S/C13H19N3S/c1-3-6-16-10-14-8-12(16)9-15-11(2)13-5-4-7-17-13/h4-5,7-8,10-11,15H,3,6,9H2,1-2H3/t11-/m0/s1. The minimum absolute atomic E-state index is 0.403. The minimum Gasteiger partial charge on any atom is -0.333 e. The van der Waals surface area contributed by atoms with E-state index in [2.05, 4.69) is 46.2 Å². The molecule has 0 amide bonds. The van der Waals surface area contributed by atoms with Crippen LogP contribution in [0.25, 0.3) is 0 Å². The van der Waals surface area contributed by atoms with Crippen molar-refractivity contribution in [1.82, 2.24) is 14.9 Å². The number of aromatic nitrogens is 2. The summed E-state index contributed by atoms with van der Waals surface area (Å²) in [6, 6.07) is 4.67. The summed E-state index contributed by atoms with van der Waals surface area (Å²) in [6.07, 6.45) is 5.00. The lowest BCUT2D eigenvalue weighted by molar-refractivity contribution is 0.547. The van der Waals surface area contributed by atoms with Crippen molar-refractivity contribution < 1.29 is 0 Å². The monoisotopic (exact) mass is 249 g/mol. The summed E-state index contributed by atoms with van der Waals surface area (Å²) >= 11 is 1.80. The highest BCUT2D eigenvalue weighted by molar-refractivity contribution is 7.10. The fourth-order valence-corrected chi connectivity index (χ4v) is 2.59. The Bertz CT molecular complexity index is 433. The van der Waals surface area contributed by atoms with Crippen molar-refractivity contribution in [3.05, 3.63) is 40.6 Å². The summed E-state index contributed by atoms with van der Waals surface area (Å²) in [5.41, 5.74) is 1.26. The van der Waals surface area contributed by atoms with Crippen LogP contribution in [0.5, 0.6) is 0 Å². The van der Waals surface area contributed by atoms with Gasteiger partial charge in [-0.25, -0.2) is 4.98 Å². The summed E-state index contributed by atoms with van der Waals surface area (Å²) in [5.74, 6) is 0. The van der Waals surface area contributed by atoms with Crippen molar-refractivity contribution >= 4 is 11.3 Å². The van der Waals surface area contributed by atoms with E-state index < -0.39 is 0 Å². The van der Waals surface area contributed by atoms with Gasteiger partial charge < -0.3 is 9.88 Å². The van der Waals surface area contributed by atoms with E-state index in [1.54, 1.807) is 11.3 Å². The first kappa shape index (κ1) is 12.3. The fourth-order valence-electron chi connectivity index (χ4n) is 1.83. The first-order chi connectivity index (χ1) is 8.31. The number of hydrogen-bond donors (Lipinski definition) is 1. The molecule has 2 aromatic rings. The quantitative estimate of drug-likeness (QED) is 0.852. The van der Waals surface area contributed by atoms with Gasteiger partial charge in [0.25, 0.3) is 0 Å². The molecule has 0 bridgehead atoms. The van der Waals surface area contributed by atoms with Crippen molar-refractivity contribution in [2.45, 2.75) is 39.4 Å². The SMILES string of the molecule is CCCn1cncc1CN[C@@H](C)c1cccs1. The molecule has 3 nitrogen and oxygen atoms in total. The molecule has 4 heteroatoms. The Morgan fingerprint density at radius 3 is 3.12 bits per heavy atom. The molecular formula is C13H19N3S. The van der Waals surface area contributed by atoms with E-state index in [9.17, 15) is 0 Å². The van der Waals surface area contributed by atoms with Crippen LogP contribution >= 0.6 is 11.3 Å². The lowest BCUT2D eigenvalue weighted by Crippen LogP contribution is -2.19. The molecule has 2 rings (SSSR count). The van der Waals surface area contributed by atoms with Crippen LogP contribution in [0.2, 0.25) is 0 Å². The van der Waals surface area contributed by atoms with Crippen molar-refractivity contribution in [1.29, 1.82) is 0 Å². The Kier molecular flexibility index (Phi) is 4.34. The van der Waals surface area contributed by atoms with Crippen LogP contribution in [0.3, 0.4) is 0 Å². The normalized spacial score (nSPS) is 12.8. The van der Waals surface area contributed by atoms with Gasteiger partial charge >= 0.3 is 0 Å². The predicted octanol–water partition coefficient (Wildman–Crippen LogP) is 3.21. The second-order valence-corrected chi connectivity index (χ2v) is 5.18. The van der Waals surface area contributed by atoms with Gasteiger partial charge in [0.2, 0.25) is 0 Å². The Hall–Kier alpha value is -1.13. The van der Waals surface area contributed by atoms with Crippen LogP contribution in [0.1, 0.15) is 36.9 Å². The van der Waals surface area contributed by atoms with Gasteiger partial charge in [0, 0.05) is 30.2 Å². The summed E-state index contributed by atoms with van der Waals surface area (Å²) in [4.78, 5) is 5.59. The van der Waals surface area contributed by atoms with Gasteiger partial charge in [-0.1, -0.05) is 13.0 Å². The number of imidazole rings is 1. The van der Waals surface area contributed by atoms with E-state index in [0.29, 0.717) is 6.04 Å². The molecular weight excluding hydrogens is 230 g/mol. The van der Waals surface area contributed by atoms with Crippen LogP contribution in [-0.2, 0) is 13.1 Å². The van der Waals surface area contributed by atoms with Gasteiger partial charge in [-0.05, 0) is 24.8 Å². The summed E-state index contributed by atoms with van der Waals surface area (Å²) < 4.78 is 2.22. The van der Waals surface area contributed by atoms with Crippen LogP contribution in [0.15, 0.2) is 30.0 Å². The average molecular weight is 249 g/mol. The first-order valence-electron chi connectivity index (χ1n) is 6.07. The molecule has 0 saturated carbocycles. The lowest BCUT2D eigenvalue weighted by Gasteiger charge is -2.13. The van der Waals surface area contributed by atoms with Crippen LogP contribution in [0.4, 0.5) is 0 Å². The van der Waals surface area contributed by atoms with Crippen LogP contribution < -0.4 is 5.32 Å². The molecule has 92 valence electrons. The third-order valence-corrected chi connectivity index (χ3v) is 3.88. The van der Waals surface area contributed by atoms with Gasteiger partial charge in [-0.15, -0.1) is 11.3 Å². The zero-order chi connectivity index (χ0) is 12.1. The highest BCUT2D eigenvalue weighted by atomic mass is 32.1. The maximum atomic E-state index is 4.21. The zero-order valence-electron chi connectivity index (χ0n) is 10.4. The molecule has 0 aliphatic heterocycles. The maximum Gasteiger partial charge on any atom is 0.0948 e. The molecule has 0 aromatic carbocycles. The number of nitrogens with one attached hydrogen (secondary N) is 1. The first-order valence-corrected chi connectivity index (χ1v) is 6.95. The number of nitrogens with zero attached hydrogens (tertiary/aromatic N) is 2. The van der Waals surface area contributed by atoms with Crippen LogP contribution in [-0.4, -0.2) is 9.55 Å². The number of aryl methyl sites for hydroxylation is 1. The minimum atomic E-state index is 0.403. The van der Waals surface area contributed by atoms with E-state index in [-0.39, 0.29) is 0 Å².